The molecule has 0 saturated heterocycles. The van der Waals surface area contributed by atoms with Crippen molar-refractivity contribution in [2.45, 2.75) is 43.9 Å². The first-order valence-corrected chi connectivity index (χ1v) is 7.34. The van der Waals surface area contributed by atoms with Crippen LogP contribution < -0.4 is 5.73 Å². The number of hydrogen-bond acceptors (Lipinski definition) is 2. The Balaban J connectivity index is 1.78. The molecule has 2 atom stereocenters. The van der Waals surface area contributed by atoms with E-state index in [1.165, 1.54) is 44.1 Å². The maximum atomic E-state index is 6.15. The summed E-state index contributed by atoms with van der Waals surface area (Å²) in [4.78, 5) is 4.36. The molecular weight excluding hydrogens is 220 g/mol. The zero-order valence-electron chi connectivity index (χ0n) is 10.9. The van der Waals surface area contributed by atoms with E-state index in [2.05, 4.69) is 23.3 Å². The zero-order valence-corrected chi connectivity index (χ0v) is 10.9. The number of rotatable bonds is 2. The summed E-state index contributed by atoms with van der Waals surface area (Å²) in [7, 11) is 0. The molecule has 1 aromatic rings. The van der Waals surface area contributed by atoms with E-state index in [1.54, 1.807) is 0 Å². The van der Waals surface area contributed by atoms with Gasteiger partial charge in [0.2, 0.25) is 0 Å². The molecule has 0 radical (unpaired) electrons. The van der Waals surface area contributed by atoms with Crippen LogP contribution >= 0.6 is 0 Å². The van der Waals surface area contributed by atoms with Crippen LogP contribution in [0, 0.1) is 17.3 Å². The van der Waals surface area contributed by atoms with Gasteiger partial charge in [-0.15, -0.1) is 0 Å². The van der Waals surface area contributed by atoms with Crippen LogP contribution in [-0.4, -0.2) is 11.5 Å². The van der Waals surface area contributed by atoms with Crippen LogP contribution in [0.15, 0.2) is 24.5 Å². The van der Waals surface area contributed by atoms with Gasteiger partial charge in [0.05, 0.1) is 0 Å². The normalized spacial score (nSPS) is 45.4. The second kappa shape index (κ2) is 3.57. The largest absolute Gasteiger partial charge is 0.330 e. The lowest BCUT2D eigenvalue weighted by atomic mass is 9.43. The molecule has 2 unspecified atom stereocenters. The Hall–Kier alpha value is -0.890. The molecule has 0 aliphatic heterocycles. The van der Waals surface area contributed by atoms with E-state index in [4.69, 9.17) is 5.73 Å². The summed E-state index contributed by atoms with van der Waals surface area (Å²) >= 11 is 0. The van der Waals surface area contributed by atoms with Crippen LogP contribution in [0.4, 0.5) is 0 Å². The SMILES string of the molecule is NCC12CC3CC(C1)CC(c1cccnc1)(C3)C2. The van der Waals surface area contributed by atoms with Gasteiger partial charge in [0.25, 0.3) is 0 Å². The monoisotopic (exact) mass is 242 g/mol. The van der Waals surface area contributed by atoms with Crippen molar-refractivity contribution in [1.29, 1.82) is 0 Å². The Morgan fingerprint density at radius 3 is 2.61 bits per heavy atom. The Morgan fingerprint density at radius 2 is 2.00 bits per heavy atom. The first-order valence-electron chi connectivity index (χ1n) is 7.34. The molecule has 1 heterocycles. The molecule has 2 nitrogen and oxygen atoms in total. The maximum absolute atomic E-state index is 6.15. The number of nitrogens with zero attached hydrogens (tertiary/aromatic N) is 1. The highest BCUT2D eigenvalue weighted by Crippen LogP contribution is 2.65. The number of hydrogen-bond donors (Lipinski definition) is 1. The van der Waals surface area contributed by atoms with Crippen molar-refractivity contribution in [3.05, 3.63) is 30.1 Å². The highest BCUT2D eigenvalue weighted by atomic mass is 14.7. The lowest BCUT2D eigenvalue weighted by Crippen LogP contribution is -2.56. The summed E-state index contributed by atoms with van der Waals surface area (Å²) in [6.07, 6.45) is 12.3. The molecule has 5 rings (SSSR count). The third kappa shape index (κ3) is 1.41. The third-order valence-electron chi connectivity index (χ3n) is 5.89. The second-order valence-electron chi connectivity index (χ2n) is 7.19. The first-order chi connectivity index (χ1) is 8.74. The molecule has 1 aromatic heterocycles. The van der Waals surface area contributed by atoms with Gasteiger partial charge in [0.1, 0.15) is 0 Å². The second-order valence-corrected chi connectivity index (χ2v) is 7.19. The number of aromatic nitrogens is 1. The molecule has 96 valence electrons. The summed E-state index contributed by atoms with van der Waals surface area (Å²) in [5.74, 6) is 1.85. The molecule has 4 aliphatic rings. The molecule has 4 fully saturated rings. The van der Waals surface area contributed by atoms with E-state index < -0.39 is 0 Å². The summed E-state index contributed by atoms with van der Waals surface area (Å²) in [5.41, 5.74) is 8.50. The van der Waals surface area contributed by atoms with Crippen molar-refractivity contribution < 1.29 is 0 Å². The summed E-state index contributed by atoms with van der Waals surface area (Å²) < 4.78 is 0. The minimum Gasteiger partial charge on any atom is -0.330 e. The van der Waals surface area contributed by atoms with Crippen LogP contribution in [-0.2, 0) is 5.41 Å². The Morgan fingerprint density at radius 1 is 1.22 bits per heavy atom. The van der Waals surface area contributed by atoms with Crippen molar-refractivity contribution in [3.63, 3.8) is 0 Å². The lowest BCUT2D eigenvalue weighted by Gasteiger charge is -2.62. The average Bonchev–Trinajstić information content (AvgIpc) is 2.38. The molecular formula is C16H22N2. The Kier molecular flexibility index (Phi) is 2.18. The van der Waals surface area contributed by atoms with Gasteiger partial charge in [0.15, 0.2) is 0 Å². The van der Waals surface area contributed by atoms with Crippen LogP contribution in [0.3, 0.4) is 0 Å². The van der Waals surface area contributed by atoms with Gasteiger partial charge < -0.3 is 5.73 Å². The molecule has 18 heavy (non-hydrogen) atoms. The van der Waals surface area contributed by atoms with Crippen molar-refractivity contribution >= 4 is 0 Å². The predicted octanol–water partition coefficient (Wildman–Crippen LogP) is 2.88. The third-order valence-corrected chi connectivity index (χ3v) is 5.89. The Bertz CT molecular complexity index is 439. The summed E-state index contributed by atoms with van der Waals surface area (Å²) in [6.45, 7) is 0.891. The summed E-state index contributed by atoms with van der Waals surface area (Å²) in [6, 6.07) is 4.40. The highest BCUT2D eigenvalue weighted by molar-refractivity contribution is 5.28. The van der Waals surface area contributed by atoms with E-state index in [-0.39, 0.29) is 0 Å². The molecule has 0 aromatic carbocycles. The molecule has 0 spiro atoms. The van der Waals surface area contributed by atoms with Crippen LogP contribution in [0.25, 0.3) is 0 Å². The number of pyridine rings is 1. The lowest BCUT2D eigenvalue weighted by molar-refractivity contribution is -0.0668. The van der Waals surface area contributed by atoms with Gasteiger partial charge in [-0.3, -0.25) is 4.98 Å². The van der Waals surface area contributed by atoms with Gasteiger partial charge in [-0.1, -0.05) is 6.07 Å². The minimum absolute atomic E-state index is 0.414. The van der Waals surface area contributed by atoms with Gasteiger partial charge in [-0.05, 0) is 79.4 Å². The predicted molar refractivity (Wildman–Crippen MR) is 72.1 cm³/mol. The summed E-state index contributed by atoms with van der Waals surface area (Å²) in [5, 5.41) is 0. The smallest absolute Gasteiger partial charge is 0.0305 e. The molecule has 4 saturated carbocycles. The van der Waals surface area contributed by atoms with Crippen LogP contribution in [0.1, 0.15) is 44.1 Å². The molecule has 4 bridgehead atoms. The highest BCUT2D eigenvalue weighted by Gasteiger charge is 2.57. The Labute approximate surface area is 109 Å². The topological polar surface area (TPSA) is 38.9 Å². The van der Waals surface area contributed by atoms with Gasteiger partial charge in [-0.2, -0.15) is 0 Å². The van der Waals surface area contributed by atoms with E-state index in [0.29, 0.717) is 10.8 Å². The fraction of sp³-hybridized carbons (Fsp3) is 0.688. The standard InChI is InChI=1S/C16H22N2/c17-11-15-5-12-4-13(6-15)8-16(7-12,10-15)14-2-1-3-18-9-14/h1-3,9,12-13H,4-8,10-11,17H2. The van der Waals surface area contributed by atoms with Gasteiger partial charge >= 0.3 is 0 Å². The molecule has 2 N–H and O–H groups in total. The van der Waals surface area contributed by atoms with Crippen molar-refractivity contribution in [3.8, 4) is 0 Å². The fourth-order valence-corrected chi connectivity index (χ4v) is 5.71. The van der Waals surface area contributed by atoms with E-state index in [1.807, 2.05) is 6.20 Å². The average molecular weight is 242 g/mol. The number of nitrogens with two attached hydrogens (primary N) is 1. The van der Waals surface area contributed by atoms with E-state index >= 15 is 0 Å². The van der Waals surface area contributed by atoms with Gasteiger partial charge in [0, 0.05) is 12.4 Å². The first kappa shape index (κ1) is 11.0. The van der Waals surface area contributed by atoms with Gasteiger partial charge in [-0.25, -0.2) is 0 Å². The molecule has 4 aliphatic carbocycles. The van der Waals surface area contributed by atoms with E-state index in [0.717, 1.165) is 18.4 Å². The maximum Gasteiger partial charge on any atom is 0.0305 e. The fourth-order valence-electron chi connectivity index (χ4n) is 5.71. The molecule has 2 heteroatoms. The minimum atomic E-state index is 0.414. The van der Waals surface area contributed by atoms with Crippen molar-refractivity contribution in [2.75, 3.05) is 6.54 Å². The molecule has 0 amide bonds. The van der Waals surface area contributed by atoms with Crippen molar-refractivity contribution in [1.82, 2.24) is 4.98 Å². The van der Waals surface area contributed by atoms with Crippen LogP contribution in [0.5, 0.6) is 0 Å². The van der Waals surface area contributed by atoms with Crippen molar-refractivity contribution in [2.24, 2.45) is 23.0 Å². The van der Waals surface area contributed by atoms with Crippen LogP contribution in [0.2, 0.25) is 0 Å². The van der Waals surface area contributed by atoms with E-state index in [9.17, 15) is 0 Å². The quantitative estimate of drug-likeness (QED) is 0.866. The zero-order chi connectivity index (χ0) is 12.2.